The zero-order valence-electron chi connectivity index (χ0n) is 30.8. The SMILES string of the molecule is CC1=Cc2c(-c3cccc4ccccc34)ccc(C)c2[CH]1[Zr](=[SiH2])([CH2]c1ccccc1)[CH]1C(C)=Cc2c(-c3cccc4ccccc34)ccc(C)c21.Cl.Cl. The molecule has 2 atom stereocenters. The van der Waals surface area contributed by atoms with Gasteiger partial charge in [-0.05, 0) is 0 Å². The predicted octanol–water partition coefficient (Wildman–Crippen LogP) is 13.3. The summed E-state index contributed by atoms with van der Waals surface area (Å²) in [7, 11) is 0. The molecule has 0 radical (unpaired) electrons. The minimum absolute atomic E-state index is 0. The van der Waals surface area contributed by atoms with Gasteiger partial charge < -0.3 is 0 Å². The fourth-order valence-corrected chi connectivity index (χ4v) is 31.6. The largest absolute Gasteiger partial charge is 0.147 e. The molecule has 0 saturated carbocycles. The fourth-order valence-electron chi connectivity index (χ4n) is 9.86. The van der Waals surface area contributed by atoms with Gasteiger partial charge in [0.2, 0.25) is 0 Å². The Balaban J connectivity index is 0.00000218. The van der Waals surface area contributed by atoms with Gasteiger partial charge in [0, 0.05) is 0 Å². The summed E-state index contributed by atoms with van der Waals surface area (Å²) in [4.78, 5) is 0. The Morgan fingerprint density at radius 1 is 0.453 bits per heavy atom. The van der Waals surface area contributed by atoms with Gasteiger partial charge in [0.15, 0.2) is 0 Å². The van der Waals surface area contributed by atoms with Gasteiger partial charge in [-0.3, -0.25) is 0 Å². The molecule has 0 N–H and O–H groups in total. The summed E-state index contributed by atoms with van der Waals surface area (Å²) in [6, 6.07) is 52.4. The number of benzene rings is 7. The van der Waals surface area contributed by atoms with Crippen LogP contribution in [0.2, 0.25) is 0 Å². The average Bonchev–Trinajstić information content (AvgIpc) is 3.70. The summed E-state index contributed by atoms with van der Waals surface area (Å²) in [5.74, 6) is 0. The second-order valence-corrected chi connectivity index (χ2v) is 32.7. The number of hydrogen-bond acceptors (Lipinski definition) is 0. The Kier molecular flexibility index (Phi) is 10.5. The van der Waals surface area contributed by atoms with Crippen LogP contribution >= 0.6 is 24.8 Å². The summed E-state index contributed by atoms with van der Waals surface area (Å²) in [6.07, 6.45) is 5.17. The van der Waals surface area contributed by atoms with Gasteiger partial charge in [0.25, 0.3) is 0 Å². The first kappa shape index (κ1) is 37.5. The molecule has 263 valence electrons. The van der Waals surface area contributed by atoms with Crippen LogP contribution in [0.1, 0.15) is 60.0 Å². The van der Waals surface area contributed by atoms with E-state index in [-0.39, 0.29) is 24.8 Å². The predicted molar refractivity (Wildman–Crippen MR) is 234 cm³/mol. The van der Waals surface area contributed by atoms with Gasteiger partial charge >= 0.3 is 310 Å². The summed E-state index contributed by atoms with van der Waals surface area (Å²) in [5, 5.41) is 5.26. The van der Waals surface area contributed by atoms with E-state index in [1.807, 2.05) is 0 Å². The van der Waals surface area contributed by atoms with Gasteiger partial charge in [-0.1, -0.05) is 0 Å². The van der Waals surface area contributed by atoms with Crippen molar-refractivity contribution < 1.29 is 18.9 Å². The third-order valence-electron chi connectivity index (χ3n) is 11.9. The van der Waals surface area contributed by atoms with E-state index in [0.717, 1.165) is 0 Å². The van der Waals surface area contributed by atoms with E-state index in [2.05, 4.69) is 186 Å². The van der Waals surface area contributed by atoms with Crippen LogP contribution in [0.3, 0.4) is 0 Å². The summed E-state index contributed by atoms with van der Waals surface area (Å²) >= 11 is -3.39. The molecule has 0 fully saturated rings. The van der Waals surface area contributed by atoms with Crippen molar-refractivity contribution in [1.29, 1.82) is 0 Å². The van der Waals surface area contributed by atoms with Crippen LogP contribution in [-0.4, -0.2) is 6.88 Å². The minimum atomic E-state index is -3.39. The van der Waals surface area contributed by atoms with E-state index in [9.17, 15) is 0 Å². The minimum Gasteiger partial charge on any atom is -0.147 e. The Morgan fingerprint density at radius 3 is 1.34 bits per heavy atom. The summed E-state index contributed by atoms with van der Waals surface area (Å²) < 4.78 is 2.15. The van der Waals surface area contributed by atoms with Crippen LogP contribution in [0.25, 0.3) is 56.0 Å². The molecule has 0 amide bonds. The Morgan fingerprint density at radius 2 is 0.868 bits per heavy atom. The molecular formula is C49H45Cl2SiZr. The van der Waals surface area contributed by atoms with E-state index in [1.165, 1.54) is 75.7 Å². The van der Waals surface area contributed by atoms with Crippen LogP contribution in [0.15, 0.2) is 151 Å². The molecule has 0 saturated heterocycles. The number of allylic oxidation sites excluding steroid dienone is 2. The van der Waals surface area contributed by atoms with Gasteiger partial charge in [0.05, 0.1) is 0 Å². The number of fused-ring (bicyclic) bond motifs is 4. The second kappa shape index (κ2) is 14.8. The molecule has 2 aliphatic rings. The van der Waals surface area contributed by atoms with Crippen molar-refractivity contribution in [1.82, 2.24) is 0 Å². The molecule has 2 unspecified atom stereocenters. The van der Waals surface area contributed by atoms with Crippen LogP contribution in [0.5, 0.6) is 0 Å². The molecule has 0 bridgehead atoms. The topological polar surface area (TPSA) is 0 Å². The maximum Gasteiger partial charge on any atom is -0.147 e. The maximum absolute atomic E-state index is 3.39. The quantitative estimate of drug-likeness (QED) is 0.147. The molecular weight excluding hydrogens is 779 g/mol. The number of halogens is 2. The van der Waals surface area contributed by atoms with E-state index in [4.69, 9.17) is 0 Å². The van der Waals surface area contributed by atoms with Gasteiger partial charge in [-0.2, -0.15) is 0 Å². The van der Waals surface area contributed by atoms with Crippen molar-refractivity contribution in [2.75, 3.05) is 0 Å². The first-order valence-electron chi connectivity index (χ1n) is 18.3. The normalized spacial score (nSPS) is 16.9. The Labute approximate surface area is 332 Å². The third kappa shape index (κ3) is 6.17. The number of rotatable bonds is 6. The van der Waals surface area contributed by atoms with Crippen molar-refractivity contribution >= 4 is 65.4 Å². The van der Waals surface area contributed by atoms with Crippen molar-refractivity contribution in [3.05, 3.63) is 190 Å². The standard InChI is InChI=1S/2C21H17.C7H7.2ClH.H2Si.Zr/c2*1-14-12-20-15(2)10-11-19(21(20)13-14)18-9-5-7-16-6-3-4-8-17(16)18;1-7-5-3-2-4-6-7;;;;/h2*3-13H,1-2H3;2-6H,1H2;2*1H;1H2;. The smallest absolute Gasteiger partial charge is 0.147 e. The van der Waals surface area contributed by atoms with Crippen LogP contribution in [-0.2, 0) is 23.0 Å². The van der Waals surface area contributed by atoms with Gasteiger partial charge in [0.1, 0.15) is 0 Å². The molecule has 7 aromatic rings. The Bertz CT molecular complexity index is 2480. The van der Waals surface area contributed by atoms with Crippen molar-refractivity contribution in [3.63, 3.8) is 0 Å². The third-order valence-corrected chi connectivity index (χ3v) is 30.2. The van der Waals surface area contributed by atoms with Crippen LogP contribution < -0.4 is 0 Å². The maximum atomic E-state index is 2.59. The van der Waals surface area contributed by atoms with E-state index >= 15 is 0 Å². The van der Waals surface area contributed by atoms with Crippen molar-refractivity contribution in [2.45, 2.75) is 39.1 Å². The van der Waals surface area contributed by atoms with Crippen LogP contribution in [0, 0.1) is 13.8 Å². The summed E-state index contributed by atoms with van der Waals surface area (Å²) in [5.41, 5.74) is 19.0. The van der Waals surface area contributed by atoms with E-state index < -0.39 is 18.9 Å². The monoisotopic (exact) mass is 821 g/mol. The average molecular weight is 824 g/mol. The molecule has 0 nitrogen and oxygen atoms in total. The van der Waals surface area contributed by atoms with Crippen LogP contribution in [0.4, 0.5) is 0 Å². The van der Waals surface area contributed by atoms with E-state index in [1.54, 1.807) is 22.3 Å². The molecule has 0 aromatic heterocycles. The number of hydrogen-bond donors (Lipinski definition) is 0. The molecule has 0 heterocycles. The zero-order valence-corrected chi connectivity index (χ0v) is 36.3. The van der Waals surface area contributed by atoms with Gasteiger partial charge in [-0.15, -0.1) is 24.8 Å². The zero-order chi connectivity index (χ0) is 34.9. The molecule has 4 heteroatoms. The molecule has 53 heavy (non-hydrogen) atoms. The first-order valence-corrected chi connectivity index (χ1v) is 28.8. The molecule has 7 aromatic carbocycles. The van der Waals surface area contributed by atoms with Gasteiger partial charge in [-0.25, -0.2) is 0 Å². The summed E-state index contributed by atoms with van der Waals surface area (Å²) in [6.45, 7) is 12.1. The first-order chi connectivity index (χ1) is 24.8. The van der Waals surface area contributed by atoms with Crippen molar-refractivity contribution in [3.8, 4) is 22.3 Å². The molecule has 2 aliphatic carbocycles. The molecule has 0 aliphatic heterocycles. The second-order valence-electron chi connectivity index (χ2n) is 15.1. The Hall–Kier alpha value is -3.78. The molecule has 0 spiro atoms. The van der Waals surface area contributed by atoms with Crippen molar-refractivity contribution in [2.24, 2.45) is 0 Å². The van der Waals surface area contributed by atoms with E-state index in [0.29, 0.717) is 7.25 Å². The molecule has 9 rings (SSSR count). The number of aryl methyl sites for hydroxylation is 2. The fraction of sp³-hybridized carbons (Fsp3) is 0.143.